The van der Waals surface area contributed by atoms with Gasteiger partial charge >= 0.3 is 0 Å². The van der Waals surface area contributed by atoms with Gasteiger partial charge in [-0.1, -0.05) is 30.3 Å². The number of benzene rings is 2. The van der Waals surface area contributed by atoms with Crippen molar-refractivity contribution in [2.75, 3.05) is 40.0 Å². The van der Waals surface area contributed by atoms with Gasteiger partial charge in [-0.05, 0) is 61.2 Å². The van der Waals surface area contributed by atoms with E-state index in [2.05, 4.69) is 35.2 Å². The quantitative estimate of drug-likeness (QED) is 0.829. The molecule has 0 bridgehead atoms. The summed E-state index contributed by atoms with van der Waals surface area (Å²) in [5, 5.41) is 10.2. The summed E-state index contributed by atoms with van der Waals surface area (Å²) < 4.78 is 11.3. The minimum atomic E-state index is -0.0587. The molecule has 1 saturated heterocycles. The molecule has 1 N–H and O–H groups in total. The molecule has 4 heteroatoms. The normalized spacial score (nSPS) is 22.1. The average molecular weight is 380 g/mol. The topological polar surface area (TPSA) is 41.9 Å². The first-order valence-corrected chi connectivity index (χ1v) is 10.1. The van der Waals surface area contributed by atoms with E-state index < -0.39 is 0 Å². The molecule has 0 saturated carbocycles. The van der Waals surface area contributed by atoms with Crippen LogP contribution in [0.3, 0.4) is 0 Å². The summed E-state index contributed by atoms with van der Waals surface area (Å²) in [6, 6.07) is 16.5. The van der Waals surface area contributed by atoms with Gasteiger partial charge in [-0.25, -0.2) is 0 Å². The summed E-state index contributed by atoms with van der Waals surface area (Å²) in [5.41, 5.74) is 3.60. The Kier molecular flexibility index (Phi) is 5.69. The third kappa shape index (κ3) is 4.23. The zero-order chi connectivity index (χ0) is 19.4. The predicted octanol–water partition coefficient (Wildman–Crippen LogP) is 3.79. The van der Waals surface area contributed by atoms with Crippen molar-refractivity contribution in [3.8, 4) is 11.5 Å². The van der Waals surface area contributed by atoms with Crippen LogP contribution < -0.4 is 9.47 Å². The highest BCUT2D eigenvalue weighted by Gasteiger charge is 2.35. The maximum absolute atomic E-state index is 10.2. The molecule has 2 aliphatic rings. The fourth-order valence-corrected chi connectivity index (χ4v) is 4.51. The Morgan fingerprint density at radius 2 is 2.04 bits per heavy atom. The minimum Gasteiger partial charge on any atom is -0.497 e. The van der Waals surface area contributed by atoms with Crippen LogP contribution >= 0.6 is 0 Å². The number of methoxy groups -OCH3 is 1. The molecule has 0 spiro atoms. The van der Waals surface area contributed by atoms with Crippen molar-refractivity contribution in [2.45, 2.75) is 19.3 Å². The van der Waals surface area contributed by atoms with Crippen molar-refractivity contribution in [3.63, 3.8) is 0 Å². The average Bonchev–Trinajstić information content (AvgIpc) is 2.74. The van der Waals surface area contributed by atoms with Crippen molar-refractivity contribution in [2.24, 2.45) is 5.41 Å². The van der Waals surface area contributed by atoms with E-state index in [-0.39, 0.29) is 12.0 Å². The molecule has 2 aromatic rings. The number of hydrogen-bond donors (Lipinski definition) is 1. The molecular formula is C24H29NO3. The van der Waals surface area contributed by atoms with Gasteiger partial charge < -0.3 is 14.6 Å². The highest BCUT2D eigenvalue weighted by Crippen LogP contribution is 2.35. The lowest BCUT2D eigenvalue weighted by molar-refractivity contribution is 0.0357. The number of aliphatic hydroxyl groups is 1. The zero-order valence-electron chi connectivity index (χ0n) is 16.6. The highest BCUT2D eigenvalue weighted by atomic mass is 16.5. The van der Waals surface area contributed by atoms with E-state index in [1.807, 2.05) is 24.3 Å². The maximum atomic E-state index is 10.2. The minimum absolute atomic E-state index is 0.0587. The Hall–Kier alpha value is -2.30. The monoisotopic (exact) mass is 379 g/mol. The highest BCUT2D eigenvalue weighted by molar-refractivity contribution is 5.64. The van der Waals surface area contributed by atoms with Crippen LogP contribution in [0.5, 0.6) is 11.5 Å². The molecule has 28 heavy (non-hydrogen) atoms. The molecule has 0 radical (unpaired) electrons. The second-order valence-corrected chi connectivity index (χ2v) is 8.13. The number of ether oxygens (including phenoxy) is 2. The molecule has 4 nitrogen and oxygen atoms in total. The Balaban J connectivity index is 1.46. The van der Waals surface area contributed by atoms with Crippen molar-refractivity contribution in [3.05, 3.63) is 65.2 Å². The van der Waals surface area contributed by atoms with E-state index in [9.17, 15) is 5.11 Å². The molecule has 0 aromatic heterocycles. The van der Waals surface area contributed by atoms with Crippen LogP contribution in [0.1, 0.15) is 24.0 Å². The molecule has 1 atom stereocenters. The summed E-state index contributed by atoms with van der Waals surface area (Å²) in [7, 11) is 1.69. The van der Waals surface area contributed by atoms with Gasteiger partial charge in [0.15, 0.2) is 0 Å². The van der Waals surface area contributed by atoms with E-state index in [1.165, 1.54) is 11.1 Å². The van der Waals surface area contributed by atoms with Crippen molar-refractivity contribution < 1.29 is 14.6 Å². The Bertz CT molecular complexity index is 833. The third-order valence-corrected chi connectivity index (χ3v) is 5.91. The van der Waals surface area contributed by atoms with Gasteiger partial charge in [-0.2, -0.15) is 0 Å². The molecule has 1 unspecified atom stereocenters. The number of piperidine rings is 1. The maximum Gasteiger partial charge on any atom is 0.127 e. The van der Waals surface area contributed by atoms with Gasteiger partial charge in [0.2, 0.25) is 0 Å². The van der Waals surface area contributed by atoms with Crippen molar-refractivity contribution >= 4 is 6.08 Å². The molecule has 0 aliphatic carbocycles. The number of rotatable bonds is 6. The number of likely N-dealkylation sites (tertiary alicyclic amines) is 1. The Morgan fingerprint density at radius 3 is 2.82 bits per heavy atom. The molecule has 1 fully saturated rings. The van der Waals surface area contributed by atoms with Gasteiger partial charge in [0.1, 0.15) is 18.1 Å². The van der Waals surface area contributed by atoms with Crippen molar-refractivity contribution in [1.29, 1.82) is 0 Å². The van der Waals surface area contributed by atoms with E-state index in [0.29, 0.717) is 6.61 Å². The van der Waals surface area contributed by atoms with E-state index in [4.69, 9.17) is 9.47 Å². The summed E-state index contributed by atoms with van der Waals surface area (Å²) >= 11 is 0. The van der Waals surface area contributed by atoms with Gasteiger partial charge in [-0.3, -0.25) is 4.90 Å². The second kappa shape index (κ2) is 8.38. The van der Waals surface area contributed by atoms with Crippen LogP contribution in [0.2, 0.25) is 0 Å². The summed E-state index contributed by atoms with van der Waals surface area (Å²) in [5.74, 6) is 1.76. The lowest BCUT2D eigenvalue weighted by atomic mass is 9.75. The number of hydrogen-bond acceptors (Lipinski definition) is 4. The SMILES string of the molecule is COc1ccc2c(c1)C=C(CN1CCCC(CO)(Cc3ccccc3)C1)CO2. The lowest BCUT2D eigenvalue weighted by Crippen LogP contribution is -2.47. The molecule has 2 aliphatic heterocycles. The van der Waals surface area contributed by atoms with E-state index in [1.54, 1.807) is 7.11 Å². The summed E-state index contributed by atoms with van der Waals surface area (Å²) in [4.78, 5) is 2.48. The van der Waals surface area contributed by atoms with Crippen LogP contribution in [0, 0.1) is 5.41 Å². The molecular weight excluding hydrogens is 350 g/mol. The first kappa shape index (κ1) is 19.0. The number of nitrogens with zero attached hydrogens (tertiary/aromatic N) is 1. The van der Waals surface area contributed by atoms with E-state index >= 15 is 0 Å². The van der Waals surface area contributed by atoms with Gasteiger partial charge in [0.05, 0.1) is 13.7 Å². The van der Waals surface area contributed by atoms with Crippen LogP contribution in [-0.2, 0) is 6.42 Å². The first-order chi connectivity index (χ1) is 13.7. The summed E-state index contributed by atoms with van der Waals surface area (Å²) in [6.45, 7) is 3.72. The van der Waals surface area contributed by atoms with Crippen LogP contribution in [0.4, 0.5) is 0 Å². The standard InChI is InChI=1S/C24H29NO3/c1-27-22-8-9-23-21(13-22)12-20(16-28-23)15-25-11-5-10-24(17-25,18-26)14-19-6-3-2-4-7-19/h2-4,6-9,12-13,26H,5,10-11,14-18H2,1H3. The molecule has 4 rings (SSSR count). The molecule has 0 amide bonds. The molecule has 148 valence electrons. The molecule has 2 heterocycles. The summed E-state index contributed by atoms with van der Waals surface area (Å²) in [6.07, 6.45) is 5.35. The fourth-order valence-electron chi connectivity index (χ4n) is 4.51. The lowest BCUT2D eigenvalue weighted by Gasteiger charge is -2.42. The fraction of sp³-hybridized carbons (Fsp3) is 0.417. The van der Waals surface area contributed by atoms with Gasteiger partial charge in [-0.15, -0.1) is 0 Å². The van der Waals surface area contributed by atoms with Crippen LogP contribution in [0.15, 0.2) is 54.1 Å². The largest absolute Gasteiger partial charge is 0.497 e. The van der Waals surface area contributed by atoms with E-state index in [0.717, 1.165) is 56.0 Å². The van der Waals surface area contributed by atoms with Gasteiger partial charge in [0.25, 0.3) is 0 Å². The van der Waals surface area contributed by atoms with Gasteiger partial charge in [0, 0.05) is 24.1 Å². The Morgan fingerprint density at radius 1 is 1.18 bits per heavy atom. The smallest absolute Gasteiger partial charge is 0.127 e. The number of aliphatic hydroxyl groups excluding tert-OH is 1. The predicted molar refractivity (Wildman–Crippen MR) is 112 cm³/mol. The van der Waals surface area contributed by atoms with Crippen LogP contribution in [-0.4, -0.2) is 50.0 Å². The van der Waals surface area contributed by atoms with Crippen molar-refractivity contribution in [1.82, 2.24) is 4.90 Å². The Labute approximate surface area is 167 Å². The zero-order valence-corrected chi connectivity index (χ0v) is 16.6. The van der Waals surface area contributed by atoms with Crippen LogP contribution in [0.25, 0.3) is 6.08 Å². The molecule has 2 aromatic carbocycles. The second-order valence-electron chi connectivity index (χ2n) is 8.13. The first-order valence-electron chi connectivity index (χ1n) is 10.1. The number of fused-ring (bicyclic) bond motifs is 1. The third-order valence-electron chi connectivity index (χ3n) is 5.91.